The van der Waals surface area contributed by atoms with Crippen LogP contribution in [0.5, 0.6) is 0 Å². The van der Waals surface area contributed by atoms with Crippen LogP contribution in [0.25, 0.3) is 110 Å². The van der Waals surface area contributed by atoms with Gasteiger partial charge in [-0.1, -0.05) is 133 Å². The molecule has 0 unspecified atom stereocenters. The molecule has 2 nitrogen and oxygen atoms in total. The highest BCUT2D eigenvalue weighted by Gasteiger charge is 2.22. The van der Waals surface area contributed by atoms with Crippen LogP contribution in [0.1, 0.15) is 0 Å². The highest BCUT2D eigenvalue weighted by molar-refractivity contribution is 6.28. The van der Waals surface area contributed by atoms with Crippen molar-refractivity contribution in [1.29, 1.82) is 0 Å². The highest BCUT2D eigenvalue weighted by Crippen LogP contribution is 2.48. The van der Waals surface area contributed by atoms with Crippen molar-refractivity contribution in [1.82, 2.24) is 0 Å². The second-order valence-corrected chi connectivity index (χ2v) is 13.2. The lowest BCUT2D eigenvalue weighted by molar-refractivity contribution is 0.663. The largest absolute Gasteiger partial charge is 0.456 e. The first-order chi connectivity index (χ1) is 24.8. The molecule has 232 valence electrons. The summed E-state index contributed by atoms with van der Waals surface area (Å²) in [6.45, 7) is 0. The van der Waals surface area contributed by atoms with Gasteiger partial charge in [-0.15, -0.1) is 0 Å². The topological polar surface area (TPSA) is 26.3 Å². The smallest absolute Gasteiger partial charge is 0.147 e. The molecule has 0 spiro atoms. The van der Waals surface area contributed by atoms with Crippen LogP contribution in [-0.2, 0) is 0 Å². The third-order valence-corrected chi connectivity index (χ3v) is 10.4. The molecule has 0 radical (unpaired) electrons. The van der Waals surface area contributed by atoms with Gasteiger partial charge in [0.05, 0.1) is 5.39 Å². The Balaban J connectivity index is 1.19. The second-order valence-electron chi connectivity index (χ2n) is 13.2. The third kappa shape index (κ3) is 3.90. The average Bonchev–Trinajstić information content (AvgIpc) is 3.75. The van der Waals surface area contributed by atoms with E-state index in [4.69, 9.17) is 8.83 Å². The standard InChI is InChI=1S/C48H28O2/c1-2-12-30-27-32(24-23-29(30)11-1)31-13-9-14-33(28-31)44-34-15-3-5-17-36(34)45(37-18-6-4-16-35(37)44)39-20-10-22-42-46(39)40-25-26-43-47(48(40)50-42)38-19-7-8-21-41(38)49-43/h1-28H. The Hall–Kier alpha value is -6.64. The number of rotatable bonds is 3. The van der Waals surface area contributed by atoms with Crippen molar-refractivity contribution in [3.63, 3.8) is 0 Å². The zero-order chi connectivity index (χ0) is 32.8. The molecule has 0 fully saturated rings. The number of furan rings is 2. The predicted octanol–water partition coefficient (Wildman–Crippen LogP) is 13.9. The average molecular weight is 637 g/mol. The maximum Gasteiger partial charge on any atom is 0.147 e. The van der Waals surface area contributed by atoms with Gasteiger partial charge in [-0.05, 0) is 102 Å². The molecule has 0 bridgehead atoms. The van der Waals surface area contributed by atoms with Crippen LogP contribution in [0.2, 0.25) is 0 Å². The second kappa shape index (κ2) is 10.4. The molecule has 2 heterocycles. The van der Waals surface area contributed by atoms with E-state index >= 15 is 0 Å². The van der Waals surface area contributed by atoms with E-state index < -0.39 is 0 Å². The summed E-state index contributed by atoms with van der Waals surface area (Å²) >= 11 is 0. The van der Waals surface area contributed by atoms with E-state index in [1.165, 1.54) is 60.1 Å². The molecule has 0 atom stereocenters. The number of para-hydroxylation sites is 1. The molecule has 0 saturated heterocycles. The predicted molar refractivity (Wildman–Crippen MR) is 210 cm³/mol. The molecule has 9 aromatic carbocycles. The maximum atomic E-state index is 6.73. The Morgan fingerprint density at radius 3 is 1.70 bits per heavy atom. The Bertz CT molecular complexity index is 3100. The van der Waals surface area contributed by atoms with Crippen LogP contribution < -0.4 is 0 Å². The molecule has 50 heavy (non-hydrogen) atoms. The van der Waals surface area contributed by atoms with E-state index in [1.54, 1.807) is 0 Å². The molecular weight excluding hydrogens is 609 g/mol. The number of hydrogen-bond acceptors (Lipinski definition) is 2. The molecule has 11 rings (SSSR count). The fourth-order valence-corrected chi connectivity index (χ4v) is 8.25. The first kappa shape index (κ1) is 27.3. The zero-order valence-corrected chi connectivity index (χ0v) is 27.0. The minimum Gasteiger partial charge on any atom is -0.456 e. The van der Waals surface area contributed by atoms with Crippen LogP contribution in [0.15, 0.2) is 179 Å². The molecule has 0 saturated carbocycles. The molecule has 2 heteroatoms. The zero-order valence-electron chi connectivity index (χ0n) is 27.0. The summed E-state index contributed by atoms with van der Waals surface area (Å²) in [7, 11) is 0. The van der Waals surface area contributed by atoms with Crippen molar-refractivity contribution in [3.05, 3.63) is 170 Å². The van der Waals surface area contributed by atoms with Gasteiger partial charge in [-0.2, -0.15) is 0 Å². The first-order valence-corrected chi connectivity index (χ1v) is 17.1. The summed E-state index contributed by atoms with van der Waals surface area (Å²) in [5.41, 5.74) is 10.7. The van der Waals surface area contributed by atoms with Crippen LogP contribution in [0.4, 0.5) is 0 Å². The van der Waals surface area contributed by atoms with Crippen molar-refractivity contribution >= 4 is 76.2 Å². The van der Waals surface area contributed by atoms with Gasteiger partial charge in [0.15, 0.2) is 0 Å². The molecule has 11 aromatic rings. The Morgan fingerprint density at radius 1 is 0.300 bits per heavy atom. The van der Waals surface area contributed by atoms with Gasteiger partial charge in [0, 0.05) is 16.2 Å². The molecule has 0 N–H and O–H groups in total. The lowest BCUT2D eigenvalue weighted by Gasteiger charge is -2.18. The molecular formula is C48H28O2. The normalized spacial score (nSPS) is 12.0. The van der Waals surface area contributed by atoms with Crippen LogP contribution >= 0.6 is 0 Å². The summed E-state index contributed by atoms with van der Waals surface area (Å²) in [5, 5.41) is 11.7. The summed E-state index contributed by atoms with van der Waals surface area (Å²) in [5.74, 6) is 0. The lowest BCUT2D eigenvalue weighted by atomic mass is 9.84. The van der Waals surface area contributed by atoms with Crippen molar-refractivity contribution in [2.45, 2.75) is 0 Å². The fourth-order valence-electron chi connectivity index (χ4n) is 8.25. The van der Waals surface area contributed by atoms with E-state index in [-0.39, 0.29) is 0 Å². The molecule has 0 aliphatic carbocycles. The number of benzene rings is 9. The van der Waals surface area contributed by atoms with E-state index in [2.05, 4.69) is 158 Å². The summed E-state index contributed by atoms with van der Waals surface area (Å²) in [6.07, 6.45) is 0. The quantitative estimate of drug-likeness (QED) is 0.180. The van der Waals surface area contributed by atoms with Gasteiger partial charge in [-0.25, -0.2) is 0 Å². The fraction of sp³-hybridized carbons (Fsp3) is 0. The van der Waals surface area contributed by atoms with Gasteiger partial charge >= 0.3 is 0 Å². The van der Waals surface area contributed by atoms with Crippen LogP contribution in [0.3, 0.4) is 0 Å². The van der Waals surface area contributed by atoms with E-state index in [9.17, 15) is 0 Å². The molecule has 0 aliphatic rings. The molecule has 0 aliphatic heterocycles. The SMILES string of the molecule is c1cc(-c2ccc3ccccc3c2)cc(-c2c3ccccc3c(-c3cccc4oc5c(ccc6oc7ccccc7c65)c34)c3ccccc23)c1. The van der Waals surface area contributed by atoms with Gasteiger partial charge in [0.1, 0.15) is 22.3 Å². The van der Waals surface area contributed by atoms with Gasteiger partial charge < -0.3 is 8.83 Å². The summed E-state index contributed by atoms with van der Waals surface area (Å²) in [6, 6.07) is 61.0. The first-order valence-electron chi connectivity index (χ1n) is 17.1. The maximum absolute atomic E-state index is 6.73. The minimum atomic E-state index is 0.838. The van der Waals surface area contributed by atoms with Crippen molar-refractivity contribution < 1.29 is 8.83 Å². The van der Waals surface area contributed by atoms with Crippen LogP contribution in [-0.4, -0.2) is 0 Å². The van der Waals surface area contributed by atoms with Crippen molar-refractivity contribution in [2.24, 2.45) is 0 Å². The lowest BCUT2D eigenvalue weighted by Crippen LogP contribution is -1.91. The third-order valence-electron chi connectivity index (χ3n) is 10.4. The number of fused-ring (bicyclic) bond motifs is 10. The monoisotopic (exact) mass is 636 g/mol. The van der Waals surface area contributed by atoms with Gasteiger partial charge in [-0.3, -0.25) is 0 Å². The Morgan fingerprint density at radius 2 is 0.900 bits per heavy atom. The van der Waals surface area contributed by atoms with Gasteiger partial charge in [0.2, 0.25) is 0 Å². The highest BCUT2D eigenvalue weighted by atomic mass is 16.3. The van der Waals surface area contributed by atoms with E-state index in [1.807, 2.05) is 12.1 Å². The van der Waals surface area contributed by atoms with Crippen LogP contribution in [0, 0.1) is 0 Å². The number of hydrogen-bond donors (Lipinski definition) is 0. The van der Waals surface area contributed by atoms with Crippen molar-refractivity contribution in [2.75, 3.05) is 0 Å². The minimum absolute atomic E-state index is 0.838. The molecule has 2 aromatic heterocycles. The Labute approximate surface area is 287 Å². The molecule has 0 amide bonds. The van der Waals surface area contributed by atoms with Gasteiger partial charge in [0.25, 0.3) is 0 Å². The van der Waals surface area contributed by atoms with E-state index in [0.29, 0.717) is 0 Å². The van der Waals surface area contributed by atoms with E-state index in [0.717, 1.165) is 49.4 Å². The summed E-state index contributed by atoms with van der Waals surface area (Å²) < 4.78 is 13.0. The van der Waals surface area contributed by atoms with Crippen molar-refractivity contribution in [3.8, 4) is 33.4 Å². The Kier molecular flexibility index (Phi) is 5.70. The summed E-state index contributed by atoms with van der Waals surface area (Å²) in [4.78, 5) is 0.